The van der Waals surface area contributed by atoms with Gasteiger partial charge in [-0.05, 0) is 0 Å². The van der Waals surface area contributed by atoms with Crippen LogP contribution in [0.15, 0.2) is 12.2 Å². The minimum atomic E-state index is -0.733. The molecule has 5 atom stereocenters. The Balaban J connectivity index is 1.90. The van der Waals surface area contributed by atoms with Gasteiger partial charge >= 0.3 is 5.97 Å². The summed E-state index contributed by atoms with van der Waals surface area (Å²) >= 11 is 0. The SMILES string of the molecule is COC(=O)[C@H]1[C@@H]2C=CC23[C@H](O)OC[C@@H]13. The van der Waals surface area contributed by atoms with E-state index in [2.05, 4.69) is 0 Å². The second kappa shape index (κ2) is 2.38. The molecule has 76 valence electrons. The zero-order valence-electron chi connectivity index (χ0n) is 7.84. The number of esters is 1. The fourth-order valence-electron chi connectivity index (χ4n) is 3.14. The third-order valence-corrected chi connectivity index (χ3v) is 3.97. The lowest BCUT2D eigenvalue weighted by Gasteiger charge is -2.59. The van der Waals surface area contributed by atoms with Crippen molar-refractivity contribution in [3.63, 3.8) is 0 Å². The molecule has 0 aromatic heterocycles. The highest BCUT2D eigenvalue weighted by Crippen LogP contribution is 2.68. The van der Waals surface area contributed by atoms with Crippen LogP contribution in [0, 0.1) is 23.2 Å². The molecule has 1 N–H and O–H groups in total. The van der Waals surface area contributed by atoms with E-state index >= 15 is 0 Å². The zero-order chi connectivity index (χ0) is 9.92. The van der Waals surface area contributed by atoms with Crippen LogP contribution < -0.4 is 0 Å². The Morgan fingerprint density at radius 2 is 2.50 bits per heavy atom. The summed E-state index contributed by atoms with van der Waals surface area (Å²) in [6.45, 7) is 0.460. The van der Waals surface area contributed by atoms with E-state index in [0.717, 1.165) is 0 Å². The second-order valence-corrected chi connectivity index (χ2v) is 4.23. The van der Waals surface area contributed by atoms with E-state index in [9.17, 15) is 9.90 Å². The average molecular weight is 196 g/mol. The predicted molar refractivity (Wildman–Crippen MR) is 46.0 cm³/mol. The average Bonchev–Trinajstić information content (AvgIpc) is 2.48. The molecular formula is C10H12O4. The van der Waals surface area contributed by atoms with Crippen LogP contribution in [0.3, 0.4) is 0 Å². The van der Waals surface area contributed by atoms with Gasteiger partial charge in [0.1, 0.15) is 0 Å². The van der Waals surface area contributed by atoms with Gasteiger partial charge in [-0.15, -0.1) is 0 Å². The van der Waals surface area contributed by atoms with Crippen molar-refractivity contribution in [3.05, 3.63) is 12.2 Å². The molecule has 2 aliphatic carbocycles. The molecular weight excluding hydrogens is 184 g/mol. The Hall–Kier alpha value is -0.870. The molecule has 2 fully saturated rings. The molecule has 14 heavy (non-hydrogen) atoms. The van der Waals surface area contributed by atoms with Crippen LogP contribution in [-0.4, -0.2) is 31.1 Å². The predicted octanol–water partition coefficient (Wildman–Crippen LogP) is -0.0736. The molecule has 0 aromatic rings. The highest BCUT2D eigenvalue weighted by Gasteiger charge is 2.72. The van der Waals surface area contributed by atoms with Crippen LogP contribution in [0.2, 0.25) is 0 Å². The highest BCUT2D eigenvalue weighted by atomic mass is 16.6. The van der Waals surface area contributed by atoms with Gasteiger partial charge < -0.3 is 14.6 Å². The lowest BCUT2D eigenvalue weighted by molar-refractivity contribution is -0.187. The fourth-order valence-corrected chi connectivity index (χ4v) is 3.14. The third-order valence-electron chi connectivity index (χ3n) is 3.97. The van der Waals surface area contributed by atoms with Crippen molar-refractivity contribution in [2.45, 2.75) is 6.29 Å². The summed E-state index contributed by atoms with van der Waals surface area (Å²) in [6, 6.07) is 0. The number of carbonyl (C=O) groups is 1. The Morgan fingerprint density at radius 3 is 3.07 bits per heavy atom. The summed E-state index contributed by atoms with van der Waals surface area (Å²) in [6.07, 6.45) is 3.21. The molecule has 1 spiro atoms. The van der Waals surface area contributed by atoms with Crippen molar-refractivity contribution >= 4 is 5.97 Å². The molecule has 0 bridgehead atoms. The lowest BCUT2D eigenvalue weighted by atomic mass is 9.42. The first-order valence-electron chi connectivity index (χ1n) is 4.78. The van der Waals surface area contributed by atoms with Crippen LogP contribution in [0.25, 0.3) is 0 Å². The number of aliphatic hydroxyl groups excluding tert-OH is 1. The van der Waals surface area contributed by atoms with Crippen molar-refractivity contribution < 1.29 is 19.4 Å². The van der Waals surface area contributed by atoms with E-state index in [0.29, 0.717) is 6.61 Å². The van der Waals surface area contributed by atoms with Gasteiger partial charge in [-0.2, -0.15) is 0 Å². The largest absolute Gasteiger partial charge is 0.469 e. The number of aliphatic hydroxyl groups is 1. The van der Waals surface area contributed by atoms with E-state index in [4.69, 9.17) is 9.47 Å². The molecule has 1 heterocycles. The number of methoxy groups -OCH3 is 1. The molecule has 3 rings (SSSR count). The summed E-state index contributed by atoms with van der Waals surface area (Å²) in [5.74, 6) is -0.0581. The first-order valence-corrected chi connectivity index (χ1v) is 4.78. The first kappa shape index (κ1) is 8.44. The van der Waals surface area contributed by atoms with E-state index in [1.54, 1.807) is 0 Å². The lowest BCUT2D eigenvalue weighted by Crippen LogP contribution is -2.64. The van der Waals surface area contributed by atoms with Crippen molar-refractivity contribution in [2.24, 2.45) is 23.2 Å². The Bertz CT molecular complexity index is 324. The molecule has 1 aliphatic heterocycles. The van der Waals surface area contributed by atoms with Crippen molar-refractivity contribution in [1.29, 1.82) is 0 Å². The standard InChI is InChI=1S/C10H12O4/c1-13-8(11)7-5-2-3-10(5)6(7)4-14-9(10)12/h2-3,5-7,9,12H,4H2,1H3/t5-,6-,7-,9+,10?/m0/s1. The molecule has 4 heteroatoms. The smallest absolute Gasteiger partial charge is 0.309 e. The maximum Gasteiger partial charge on any atom is 0.309 e. The van der Waals surface area contributed by atoms with Gasteiger partial charge in [-0.25, -0.2) is 0 Å². The van der Waals surface area contributed by atoms with Crippen LogP contribution in [0.4, 0.5) is 0 Å². The van der Waals surface area contributed by atoms with Gasteiger partial charge in [0.15, 0.2) is 6.29 Å². The molecule has 3 aliphatic rings. The number of carbonyl (C=O) groups excluding carboxylic acids is 1. The molecule has 0 radical (unpaired) electrons. The Morgan fingerprint density at radius 1 is 1.71 bits per heavy atom. The number of hydrogen-bond donors (Lipinski definition) is 1. The Labute approximate surface area is 81.5 Å². The molecule has 0 aromatic carbocycles. The number of ether oxygens (including phenoxy) is 2. The topological polar surface area (TPSA) is 55.8 Å². The third kappa shape index (κ3) is 0.643. The first-order chi connectivity index (χ1) is 6.71. The summed E-state index contributed by atoms with van der Waals surface area (Å²) < 4.78 is 9.92. The molecule has 0 amide bonds. The van der Waals surface area contributed by atoms with Crippen LogP contribution >= 0.6 is 0 Å². The maximum atomic E-state index is 11.4. The minimum Gasteiger partial charge on any atom is -0.469 e. The van der Waals surface area contributed by atoms with Gasteiger partial charge in [-0.3, -0.25) is 4.79 Å². The number of allylic oxidation sites excluding steroid dienone is 1. The van der Waals surface area contributed by atoms with Gasteiger partial charge in [-0.1, -0.05) is 12.2 Å². The normalized spacial score (nSPS) is 52.7. The molecule has 1 saturated heterocycles. The van der Waals surface area contributed by atoms with Gasteiger partial charge in [0.2, 0.25) is 0 Å². The highest BCUT2D eigenvalue weighted by molar-refractivity contribution is 5.76. The van der Waals surface area contributed by atoms with Gasteiger partial charge in [0.25, 0.3) is 0 Å². The fraction of sp³-hybridized carbons (Fsp3) is 0.700. The zero-order valence-corrected chi connectivity index (χ0v) is 7.84. The molecule has 4 nitrogen and oxygen atoms in total. The Kier molecular flexibility index (Phi) is 1.43. The van der Waals surface area contributed by atoms with Crippen LogP contribution in [0.1, 0.15) is 0 Å². The summed E-state index contributed by atoms with van der Waals surface area (Å²) in [4.78, 5) is 11.4. The molecule has 1 unspecified atom stereocenters. The number of hydrogen-bond acceptors (Lipinski definition) is 4. The summed E-state index contributed by atoms with van der Waals surface area (Å²) in [5.41, 5.74) is -0.265. The van der Waals surface area contributed by atoms with E-state index < -0.39 is 6.29 Å². The van der Waals surface area contributed by atoms with Gasteiger partial charge in [0.05, 0.1) is 25.0 Å². The van der Waals surface area contributed by atoms with Gasteiger partial charge in [0, 0.05) is 11.8 Å². The minimum absolute atomic E-state index is 0.109. The van der Waals surface area contributed by atoms with Crippen LogP contribution in [0.5, 0.6) is 0 Å². The second-order valence-electron chi connectivity index (χ2n) is 4.23. The van der Waals surface area contributed by atoms with Crippen molar-refractivity contribution in [3.8, 4) is 0 Å². The molecule has 1 saturated carbocycles. The quantitative estimate of drug-likeness (QED) is 0.471. The van der Waals surface area contributed by atoms with Crippen molar-refractivity contribution in [2.75, 3.05) is 13.7 Å². The maximum absolute atomic E-state index is 11.4. The van der Waals surface area contributed by atoms with Crippen LogP contribution in [-0.2, 0) is 14.3 Å². The number of rotatable bonds is 1. The van der Waals surface area contributed by atoms with Crippen molar-refractivity contribution in [1.82, 2.24) is 0 Å². The van der Waals surface area contributed by atoms with E-state index in [-0.39, 0.29) is 29.1 Å². The summed E-state index contributed by atoms with van der Waals surface area (Å²) in [5, 5.41) is 9.65. The monoisotopic (exact) mass is 196 g/mol. The van der Waals surface area contributed by atoms with E-state index in [1.165, 1.54) is 7.11 Å². The summed E-state index contributed by atoms with van der Waals surface area (Å²) in [7, 11) is 1.40. The van der Waals surface area contributed by atoms with E-state index in [1.807, 2.05) is 12.2 Å².